The van der Waals surface area contributed by atoms with E-state index in [0.29, 0.717) is 11.4 Å². The van der Waals surface area contributed by atoms with Gasteiger partial charge in [0.25, 0.3) is 0 Å². The van der Waals surface area contributed by atoms with Crippen molar-refractivity contribution in [1.29, 1.82) is 10.5 Å². The van der Waals surface area contributed by atoms with Gasteiger partial charge in [-0.25, -0.2) is 9.97 Å². The topological polar surface area (TPSA) is 73.4 Å². The largest absolute Gasteiger partial charge is 0.246 e. The van der Waals surface area contributed by atoms with Gasteiger partial charge in [0.05, 0.1) is 0 Å². The number of nitriles is 2. The molecule has 2 aromatic heterocycles. The molecular weight excluding hydrogens is 316 g/mol. The van der Waals surface area contributed by atoms with Crippen molar-refractivity contribution >= 4 is 21.5 Å². The van der Waals surface area contributed by atoms with Gasteiger partial charge in [0.1, 0.15) is 23.5 Å². The van der Waals surface area contributed by atoms with Crippen LogP contribution in [0.4, 0.5) is 0 Å². The maximum atomic E-state index is 8.50. The van der Waals surface area contributed by atoms with Crippen molar-refractivity contribution < 1.29 is 0 Å². The molecule has 98 valence electrons. The van der Waals surface area contributed by atoms with Gasteiger partial charge in [-0.3, -0.25) is 0 Å². The summed E-state index contributed by atoms with van der Waals surface area (Å²) in [7, 11) is 0. The fraction of sp³-hybridized carbons (Fsp3) is 0.0667. The highest BCUT2D eigenvalue weighted by molar-refractivity contribution is 9.10. The molecule has 0 spiro atoms. The Bertz CT molecular complexity index is 696. The first-order chi connectivity index (χ1) is 9.56. The SMILES string of the molecule is C=C(C)c1ccnc(C#N)c1.N#Cc1cc(Br)ccn1. The highest BCUT2D eigenvalue weighted by Gasteiger charge is 1.94. The third-order valence-corrected chi connectivity index (χ3v) is 2.70. The molecule has 0 unspecified atom stereocenters. The molecule has 0 fully saturated rings. The van der Waals surface area contributed by atoms with Crippen LogP contribution in [0.1, 0.15) is 23.9 Å². The van der Waals surface area contributed by atoms with Gasteiger partial charge in [-0.15, -0.1) is 0 Å². The summed E-state index contributed by atoms with van der Waals surface area (Å²) in [6.07, 6.45) is 3.20. The second-order valence-corrected chi connectivity index (χ2v) is 4.71. The molecule has 0 saturated heterocycles. The van der Waals surface area contributed by atoms with Gasteiger partial charge in [-0.05, 0) is 36.8 Å². The lowest BCUT2D eigenvalue weighted by molar-refractivity contribution is 1.25. The van der Waals surface area contributed by atoms with Gasteiger partial charge < -0.3 is 0 Å². The molecule has 0 aliphatic heterocycles. The van der Waals surface area contributed by atoms with Gasteiger partial charge in [0.2, 0.25) is 0 Å². The first-order valence-electron chi connectivity index (χ1n) is 5.60. The summed E-state index contributed by atoms with van der Waals surface area (Å²) >= 11 is 3.21. The molecule has 4 nitrogen and oxygen atoms in total. The standard InChI is InChI=1S/C9H8N2.C6H3BrN2/c1-7(2)8-3-4-11-9(5-8)6-10;7-5-1-2-9-6(3-5)4-8/h3-5H,1H2,2H3;1-3H. The van der Waals surface area contributed by atoms with E-state index in [0.717, 1.165) is 15.6 Å². The molecule has 0 atom stereocenters. The normalized spacial score (nSPS) is 8.60. The number of pyridine rings is 2. The fourth-order valence-corrected chi connectivity index (χ4v) is 1.56. The summed E-state index contributed by atoms with van der Waals surface area (Å²) in [4.78, 5) is 7.60. The summed E-state index contributed by atoms with van der Waals surface area (Å²) < 4.78 is 0.883. The Balaban J connectivity index is 0.000000204. The lowest BCUT2D eigenvalue weighted by Crippen LogP contribution is -1.84. The van der Waals surface area contributed by atoms with Crippen molar-refractivity contribution in [3.05, 3.63) is 64.7 Å². The first kappa shape index (κ1) is 15.6. The molecule has 0 aliphatic rings. The van der Waals surface area contributed by atoms with Crippen LogP contribution >= 0.6 is 15.9 Å². The molecular formula is C15H11BrN4. The van der Waals surface area contributed by atoms with Crippen molar-refractivity contribution in [3.63, 3.8) is 0 Å². The maximum absolute atomic E-state index is 8.50. The molecule has 2 aromatic rings. The smallest absolute Gasteiger partial charge is 0.141 e. The average Bonchev–Trinajstić information content (AvgIpc) is 2.48. The quantitative estimate of drug-likeness (QED) is 0.800. The van der Waals surface area contributed by atoms with Crippen LogP contribution in [-0.2, 0) is 0 Å². The summed E-state index contributed by atoms with van der Waals surface area (Å²) in [6.45, 7) is 5.66. The molecule has 0 aromatic carbocycles. The molecule has 0 N–H and O–H groups in total. The van der Waals surface area contributed by atoms with E-state index in [1.807, 2.05) is 25.1 Å². The molecule has 2 heterocycles. The Morgan fingerprint density at radius 2 is 1.65 bits per heavy atom. The van der Waals surface area contributed by atoms with Crippen LogP contribution in [0.15, 0.2) is 47.7 Å². The second kappa shape index (κ2) is 7.83. The summed E-state index contributed by atoms with van der Waals surface area (Å²) in [5.74, 6) is 0. The van der Waals surface area contributed by atoms with Crippen LogP contribution in [-0.4, -0.2) is 9.97 Å². The molecule has 2 rings (SSSR count). The van der Waals surface area contributed by atoms with Crippen LogP contribution in [0.2, 0.25) is 0 Å². The van der Waals surface area contributed by atoms with E-state index in [4.69, 9.17) is 10.5 Å². The Morgan fingerprint density at radius 3 is 2.10 bits per heavy atom. The van der Waals surface area contributed by atoms with Gasteiger partial charge in [-0.1, -0.05) is 28.1 Å². The number of aromatic nitrogens is 2. The number of nitrogens with zero attached hydrogens (tertiary/aromatic N) is 4. The molecule has 0 saturated carbocycles. The minimum atomic E-state index is 0.435. The van der Waals surface area contributed by atoms with Gasteiger partial charge in [-0.2, -0.15) is 10.5 Å². The Labute approximate surface area is 126 Å². The number of rotatable bonds is 1. The summed E-state index contributed by atoms with van der Waals surface area (Å²) in [5.41, 5.74) is 2.79. The van der Waals surface area contributed by atoms with Crippen LogP contribution in [0, 0.1) is 22.7 Å². The third kappa shape index (κ3) is 5.01. The highest BCUT2D eigenvalue weighted by atomic mass is 79.9. The van der Waals surface area contributed by atoms with Crippen LogP contribution < -0.4 is 0 Å². The summed E-state index contributed by atoms with van der Waals surface area (Å²) in [6, 6.07) is 10.9. The van der Waals surface area contributed by atoms with Crippen molar-refractivity contribution in [2.24, 2.45) is 0 Å². The Kier molecular flexibility index (Phi) is 6.09. The van der Waals surface area contributed by atoms with E-state index >= 15 is 0 Å². The first-order valence-corrected chi connectivity index (χ1v) is 6.40. The van der Waals surface area contributed by atoms with E-state index in [1.54, 1.807) is 30.6 Å². The molecule has 5 heteroatoms. The predicted octanol–water partition coefficient (Wildman–Crippen LogP) is 3.70. The second-order valence-electron chi connectivity index (χ2n) is 3.79. The fourth-order valence-electron chi connectivity index (χ4n) is 1.22. The minimum Gasteiger partial charge on any atom is -0.246 e. The third-order valence-electron chi connectivity index (χ3n) is 2.20. The van der Waals surface area contributed by atoms with Gasteiger partial charge in [0, 0.05) is 16.9 Å². The molecule has 0 bridgehead atoms. The number of halogens is 1. The lowest BCUT2D eigenvalue weighted by atomic mass is 10.1. The van der Waals surface area contributed by atoms with E-state index in [2.05, 4.69) is 32.5 Å². The zero-order chi connectivity index (χ0) is 15.0. The van der Waals surface area contributed by atoms with Crippen molar-refractivity contribution in [1.82, 2.24) is 9.97 Å². The minimum absolute atomic E-state index is 0.435. The summed E-state index contributed by atoms with van der Waals surface area (Å²) in [5, 5.41) is 16.8. The molecule has 0 amide bonds. The number of hydrogen-bond donors (Lipinski definition) is 0. The highest BCUT2D eigenvalue weighted by Crippen LogP contribution is 2.10. The average molecular weight is 327 g/mol. The van der Waals surface area contributed by atoms with Crippen LogP contribution in [0.5, 0.6) is 0 Å². The van der Waals surface area contributed by atoms with Crippen molar-refractivity contribution in [2.75, 3.05) is 0 Å². The van der Waals surface area contributed by atoms with E-state index in [-0.39, 0.29) is 0 Å². The molecule has 0 radical (unpaired) electrons. The van der Waals surface area contributed by atoms with Crippen LogP contribution in [0.3, 0.4) is 0 Å². The number of allylic oxidation sites excluding steroid dienone is 1. The van der Waals surface area contributed by atoms with E-state index in [9.17, 15) is 0 Å². The van der Waals surface area contributed by atoms with Crippen LogP contribution in [0.25, 0.3) is 5.57 Å². The van der Waals surface area contributed by atoms with Gasteiger partial charge in [0.15, 0.2) is 0 Å². The lowest BCUT2D eigenvalue weighted by Gasteiger charge is -1.96. The van der Waals surface area contributed by atoms with E-state index in [1.165, 1.54) is 0 Å². The molecule has 20 heavy (non-hydrogen) atoms. The van der Waals surface area contributed by atoms with Gasteiger partial charge >= 0.3 is 0 Å². The zero-order valence-electron chi connectivity index (χ0n) is 10.8. The van der Waals surface area contributed by atoms with Crippen molar-refractivity contribution in [3.8, 4) is 12.1 Å². The zero-order valence-corrected chi connectivity index (χ0v) is 12.4. The molecule has 0 aliphatic carbocycles. The monoisotopic (exact) mass is 326 g/mol. The predicted molar refractivity (Wildman–Crippen MR) is 80.3 cm³/mol. The van der Waals surface area contributed by atoms with Crippen molar-refractivity contribution in [2.45, 2.75) is 6.92 Å². The maximum Gasteiger partial charge on any atom is 0.141 e. The Morgan fingerprint density at radius 1 is 1.10 bits per heavy atom. The van der Waals surface area contributed by atoms with E-state index < -0.39 is 0 Å². The Hall–Kier alpha value is -2.50. The number of hydrogen-bond acceptors (Lipinski definition) is 4.